The average molecular weight is 363 g/mol. The van der Waals surface area contributed by atoms with E-state index in [1.54, 1.807) is 0 Å². The van der Waals surface area contributed by atoms with E-state index in [1.165, 1.54) is 0 Å². The number of rotatable bonds is 4. The van der Waals surface area contributed by atoms with Crippen LogP contribution in [0.1, 0.15) is 25.7 Å². The minimum atomic E-state index is 0.0252. The molecule has 140 valence electrons. The number of likely N-dealkylation sites (tertiary alicyclic amines) is 1. The van der Waals surface area contributed by atoms with E-state index in [0.717, 1.165) is 28.7 Å². The Morgan fingerprint density at radius 3 is 2.11 bits per heavy atom. The molecule has 6 N–H and O–H groups in total. The molecule has 0 aromatic heterocycles. The van der Waals surface area contributed by atoms with Crippen LogP contribution < -0.4 is 11.5 Å². The zero-order valence-electron chi connectivity index (χ0n) is 15.2. The lowest BCUT2D eigenvalue weighted by Gasteiger charge is -2.33. The van der Waals surface area contributed by atoms with Gasteiger partial charge >= 0.3 is 0 Å². The molecule has 1 heterocycles. The summed E-state index contributed by atoms with van der Waals surface area (Å²) >= 11 is 0. The van der Waals surface area contributed by atoms with Gasteiger partial charge in [-0.15, -0.1) is 0 Å². The molecule has 6 heteroatoms. The summed E-state index contributed by atoms with van der Waals surface area (Å²) in [5.41, 5.74) is 14.8. The highest BCUT2D eigenvalue weighted by Crippen LogP contribution is 2.24. The van der Waals surface area contributed by atoms with Gasteiger partial charge in [0.15, 0.2) is 0 Å². The summed E-state index contributed by atoms with van der Waals surface area (Å²) in [5.74, 6) is 0.439. The van der Waals surface area contributed by atoms with Gasteiger partial charge in [0, 0.05) is 36.7 Å². The summed E-state index contributed by atoms with van der Waals surface area (Å²) in [6.45, 7) is 0.701. The minimum absolute atomic E-state index is 0.0252. The summed E-state index contributed by atoms with van der Waals surface area (Å²) in [6.07, 6.45) is 18.3. The fourth-order valence-electron chi connectivity index (χ4n) is 3.39. The predicted octanol–water partition coefficient (Wildman–Crippen LogP) is 2.47. The van der Waals surface area contributed by atoms with Crippen LogP contribution in [-0.2, 0) is 4.79 Å². The van der Waals surface area contributed by atoms with Gasteiger partial charge in [0.25, 0.3) is 0 Å². The fraction of sp³-hybridized carbons (Fsp3) is 0.286. The van der Waals surface area contributed by atoms with Crippen molar-refractivity contribution in [3.63, 3.8) is 0 Å². The summed E-state index contributed by atoms with van der Waals surface area (Å²) in [6, 6.07) is 0.0252. The van der Waals surface area contributed by atoms with Gasteiger partial charge in [-0.2, -0.15) is 0 Å². The van der Waals surface area contributed by atoms with Crippen molar-refractivity contribution < 1.29 is 4.79 Å². The number of Topliss-reactive ketones (excluding diaryl/α,β-unsaturated/α-hetero) is 1. The number of nitrogens with zero attached hydrogens (tertiary/aromatic N) is 1. The predicted molar refractivity (Wildman–Crippen MR) is 108 cm³/mol. The largest absolute Gasteiger partial charge is 0.384 e. The van der Waals surface area contributed by atoms with Crippen LogP contribution in [0.5, 0.6) is 0 Å². The van der Waals surface area contributed by atoms with E-state index in [2.05, 4.69) is 17.2 Å². The molecule has 0 aromatic rings. The Morgan fingerprint density at radius 2 is 1.59 bits per heavy atom. The zero-order valence-corrected chi connectivity index (χ0v) is 15.2. The van der Waals surface area contributed by atoms with Crippen molar-refractivity contribution in [1.82, 2.24) is 4.90 Å². The Morgan fingerprint density at radius 1 is 1.00 bits per heavy atom. The molecule has 1 aliphatic heterocycles. The Bertz CT molecular complexity index is 854. The van der Waals surface area contributed by atoms with Crippen molar-refractivity contribution in [1.29, 1.82) is 10.8 Å². The highest BCUT2D eigenvalue weighted by atomic mass is 16.1. The highest BCUT2D eigenvalue weighted by molar-refractivity contribution is 5.98. The van der Waals surface area contributed by atoms with Crippen molar-refractivity contribution >= 4 is 17.5 Å². The smallest absolute Gasteiger partial charge is 0.137 e. The third kappa shape index (κ3) is 4.73. The first-order valence-corrected chi connectivity index (χ1v) is 9.06. The second-order valence-corrected chi connectivity index (χ2v) is 6.96. The number of piperidine rings is 1. The van der Waals surface area contributed by atoms with Gasteiger partial charge in [-0.05, 0) is 24.0 Å². The highest BCUT2D eigenvalue weighted by Gasteiger charge is 2.24. The maximum absolute atomic E-state index is 12.0. The summed E-state index contributed by atoms with van der Waals surface area (Å²) in [4.78, 5) is 14.2. The SMILES string of the molecule is N=C(N)C1=CC/C(=C/C2CC(=O)CCN2/C=C2/C=CC(C(=N)N)=CC2)C=C1. The number of hydrogen-bond donors (Lipinski definition) is 4. The number of nitrogens with one attached hydrogen (secondary N) is 2. The molecular formula is C21H25N5O. The van der Waals surface area contributed by atoms with Crippen LogP contribution in [0.3, 0.4) is 0 Å². The molecule has 3 aliphatic rings. The first-order valence-electron chi connectivity index (χ1n) is 9.06. The summed E-state index contributed by atoms with van der Waals surface area (Å²) in [7, 11) is 0. The molecule has 6 nitrogen and oxygen atoms in total. The van der Waals surface area contributed by atoms with E-state index in [-0.39, 0.29) is 23.5 Å². The number of hydrogen-bond acceptors (Lipinski definition) is 4. The van der Waals surface area contributed by atoms with Crippen LogP contribution in [0.2, 0.25) is 0 Å². The fourth-order valence-corrected chi connectivity index (χ4v) is 3.39. The van der Waals surface area contributed by atoms with E-state index in [9.17, 15) is 4.79 Å². The van der Waals surface area contributed by atoms with E-state index in [0.29, 0.717) is 25.8 Å². The second kappa shape index (κ2) is 8.03. The van der Waals surface area contributed by atoms with Crippen molar-refractivity contribution in [3.8, 4) is 0 Å². The first-order chi connectivity index (χ1) is 12.9. The number of ketones is 1. The van der Waals surface area contributed by atoms with Crippen LogP contribution in [0.4, 0.5) is 0 Å². The quantitative estimate of drug-likeness (QED) is 0.453. The molecule has 0 radical (unpaired) electrons. The molecule has 1 saturated heterocycles. The van der Waals surface area contributed by atoms with E-state index >= 15 is 0 Å². The molecule has 27 heavy (non-hydrogen) atoms. The third-order valence-electron chi connectivity index (χ3n) is 4.94. The van der Waals surface area contributed by atoms with E-state index < -0.39 is 0 Å². The lowest BCUT2D eigenvalue weighted by molar-refractivity contribution is -0.121. The maximum Gasteiger partial charge on any atom is 0.137 e. The van der Waals surface area contributed by atoms with E-state index in [4.69, 9.17) is 22.3 Å². The molecule has 0 saturated carbocycles. The standard InChI is InChI=1S/C21H25N5O/c22-20(23)16-5-1-14(2-6-16)11-18-12-19(27)9-10-26(18)13-15-3-7-17(8-4-15)21(24)25/h1,3,5-8,11,13,18H,2,4,9-10,12H2,(H3,22,23)(H3,24,25)/b14-11+,15-13-. The van der Waals surface area contributed by atoms with Crippen molar-refractivity contribution in [2.75, 3.05) is 6.54 Å². The van der Waals surface area contributed by atoms with Gasteiger partial charge < -0.3 is 16.4 Å². The molecule has 2 aliphatic carbocycles. The van der Waals surface area contributed by atoms with Crippen LogP contribution in [-0.4, -0.2) is 34.9 Å². The molecular weight excluding hydrogens is 338 g/mol. The molecule has 0 amide bonds. The van der Waals surface area contributed by atoms with Gasteiger partial charge in [0.2, 0.25) is 0 Å². The number of amidine groups is 2. The Balaban J connectivity index is 1.74. The summed E-state index contributed by atoms with van der Waals surface area (Å²) in [5, 5.41) is 15.0. The monoisotopic (exact) mass is 363 g/mol. The minimum Gasteiger partial charge on any atom is -0.384 e. The van der Waals surface area contributed by atoms with Crippen molar-refractivity contribution in [3.05, 3.63) is 71.0 Å². The second-order valence-electron chi connectivity index (χ2n) is 6.96. The van der Waals surface area contributed by atoms with Gasteiger partial charge in [0.1, 0.15) is 17.5 Å². The molecule has 1 atom stereocenters. The Hall–Kier alpha value is -3.15. The van der Waals surface area contributed by atoms with Crippen molar-refractivity contribution in [2.45, 2.75) is 31.7 Å². The van der Waals surface area contributed by atoms with Gasteiger partial charge in [-0.25, -0.2) is 0 Å². The maximum atomic E-state index is 12.0. The summed E-state index contributed by atoms with van der Waals surface area (Å²) < 4.78 is 0. The van der Waals surface area contributed by atoms with Gasteiger partial charge in [-0.3, -0.25) is 15.6 Å². The number of allylic oxidation sites excluding steroid dienone is 6. The molecule has 1 unspecified atom stereocenters. The molecule has 0 spiro atoms. The zero-order chi connectivity index (χ0) is 19.4. The van der Waals surface area contributed by atoms with Crippen LogP contribution in [0.25, 0.3) is 0 Å². The average Bonchev–Trinajstić information content (AvgIpc) is 2.65. The molecule has 3 rings (SSSR count). The van der Waals surface area contributed by atoms with E-state index in [1.807, 2.05) is 36.5 Å². The molecule has 0 bridgehead atoms. The lowest BCUT2D eigenvalue weighted by Crippen LogP contribution is -2.38. The van der Waals surface area contributed by atoms with Crippen molar-refractivity contribution in [2.24, 2.45) is 11.5 Å². The van der Waals surface area contributed by atoms with Crippen LogP contribution in [0, 0.1) is 10.8 Å². The van der Waals surface area contributed by atoms with Gasteiger partial charge in [0.05, 0.1) is 6.04 Å². The Labute approximate surface area is 159 Å². The number of nitrogens with two attached hydrogens (primary N) is 2. The van der Waals surface area contributed by atoms with Crippen LogP contribution >= 0.6 is 0 Å². The molecule has 0 aromatic carbocycles. The first kappa shape index (κ1) is 18.6. The Kier molecular flexibility index (Phi) is 5.54. The normalized spacial score (nSPS) is 25.6. The number of carbonyl (C=O) groups excluding carboxylic acids is 1. The third-order valence-corrected chi connectivity index (χ3v) is 4.94. The topological polar surface area (TPSA) is 120 Å². The molecule has 1 fully saturated rings. The lowest BCUT2D eigenvalue weighted by atomic mass is 9.94. The van der Waals surface area contributed by atoms with Gasteiger partial charge in [-0.1, -0.05) is 42.5 Å². The van der Waals surface area contributed by atoms with Crippen LogP contribution in [0.15, 0.2) is 71.0 Å². The number of carbonyl (C=O) groups is 1.